The number of alkyl halides is 2. The first-order chi connectivity index (χ1) is 7.50. The Hall–Kier alpha value is -1.98. The van der Waals surface area contributed by atoms with E-state index in [1.54, 1.807) is 24.4 Å². The van der Waals surface area contributed by atoms with Gasteiger partial charge in [0.05, 0.1) is 18.1 Å². The molecule has 0 unspecified atom stereocenters. The number of pyridine rings is 1. The van der Waals surface area contributed by atoms with Crippen molar-refractivity contribution >= 4 is 11.5 Å². The molecule has 0 aliphatic carbocycles. The topological polar surface area (TPSA) is 54.6 Å². The van der Waals surface area contributed by atoms with Crippen LogP contribution in [-0.4, -0.2) is 26.6 Å². The summed E-state index contributed by atoms with van der Waals surface area (Å²) in [4.78, 5) is 10.3. The van der Waals surface area contributed by atoms with Crippen LogP contribution in [0.2, 0.25) is 0 Å². The molecule has 0 saturated heterocycles. The van der Waals surface area contributed by atoms with E-state index < -0.39 is 18.3 Å². The number of hydrogen-bond donors (Lipinski definition) is 1. The fourth-order valence-corrected chi connectivity index (χ4v) is 1.44. The van der Waals surface area contributed by atoms with Crippen LogP contribution in [0.3, 0.4) is 0 Å². The van der Waals surface area contributed by atoms with Gasteiger partial charge in [-0.1, -0.05) is 6.07 Å². The quantitative estimate of drug-likeness (QED) is 0.864. The number of nitrogens with zero attached hydrogens (tertiary/aromatic N) is 2. The lowest BCUT2D eigenvalue weighted by atomic mass is 10.1. The number of rotatable bonds is 3. The van der Waals surface area contributed by atoms with E-state index in [1.165, 1.54) is 10.7 Å². The van der Waals surface area contributed by atoms with Crippen molar-refractivity contribution in [2.24, 2.45) is 0 Å². The molecule has 0 aromatic carbocycles. The summed E-state index contributed by atoms with van der Waals surface area (Å²) in [7, 11) is 0. The third-order valence-electron chi connectivity index (χ3n) is 2.23. The van der Waals surface area contributed by atoms with Gasteiger partial charge in [-0.15, -0.1) is 0 Å². The Morgan fingerprint density at radius 3 is 2.94 bits per heavy atom. The van der Waals surface area contributed by atoms with Crippen molar-refractivity contribution < 1.29 is 18.7 Å². The molecule has 0 fully saturated rings. The zero-order valence-corrected chi connectivity index (χ0v) is 8.10. The molecule has 2 aromatic heterocycles. The van der Waals surface area contributed by atoms with E-state index in [9.17, 15) is 13.6 Å². The van der Waals surface area contributed by atoms with E-state index in [0.717, 1.165) is 0 Å². The number of carboxylic acid groups (broad SMARTS) is 1. The molecule has 1 N–H and O–H groups in total. The minimum Gasteiger partial charge on any atom is -0.477 e. The largest absolute Gasteiger partial charge is 0.477 e. The predicted octanol–water partition coefficient (Wildman–Crippen LogP) is 1.60. The summed E-state index contributed by atoms with van der Waals surface area (Å²) >= 11 is 0. The lowest BCUT2D eigenvalue weighted by molar-refractivity contribution is -0.164. The highest BCUT2D eigenvalue weighted by atomic mass is 19.3. The monoisotopic (exact) mass is 226 g/mol. The smallest absolute Gasteiger partial charge is 0.374 e. The zero-order valence-electron chi connectivity index (χ0n) is 8.10. The van der Waals surface area contributed by atoms with Gasteiger partial charge < -0.3 is 5.11 Å². The van der Waals surface area contributed by atoms with Gasteiger partial charge >= 0.3 is 11.9 Å². The van der Waals surface area contributed by atoms with Crippen LogP contribution in [0.1, 0.15) is 5.56 Å². The second-order valence-corrected chi connectivity index (χ2v) is 3.39. The highest BCUT2D eigenvalue weighted by Crippen LogP contribution is 2.22. The van der Waals surface area contributed by atoms with Crippen molar-refractivity contribution in [1.29, 1.82) is 0 Å². The number of aliphatic carboxylic acids is 1. The molecule has 4 nitrogen and oxygen atoms in total. The molecule has 0 bridgehead atoms. The van der Waals surface area contributed by atoms with Gasteiger partial charge in [-0.25, -0.2) is 9.31 Å². The molecule has 2 rings (SSSR count). The highest BCUT2D eigenvalue weighted by molar-refractivity contribution is 5.76. The first-order valence-corrected chi connectivity index (χ1v) is 4.53. The van der Waals surface area contributed by atoms with Crippen LogP contribution >= 0.6 is 0 Å². The average Bonchev–Trinajstić information content (AvgIpc) is 2.61. The van der Waals surface area contributed by atoms with Gasteiger partial charge in [-0.3, -0.25) is 0 Å². The van der Waals surface area contributed by atoms with Crippen molar-refractivity contribution in [3.63, 3.8) is 0 Å². The summed E-state index contributed by atoms with van der Waals surface area (Å²) in [5.74, 6) is -5.89. The summed E-state index contributed by atoms with van der Waals surface area (Å²) in [5, 5.41) is 12.2. The molecule has 0 spiro atoms. The standard InChI is InChI=1S/C10H8F2N2O2/c11-10(12,9(15)16)5-7-6-13-14-4-2-1-3-8(7)14/h1-4,6H,5H2,(H,15,16). The number of carbonyl (C=O) groups is 1. The van der Waals surface area contributed by atoms with Crippen LogP contribution in [0.4, 0.5) is 8.78 Å². The molecule has 2 aromatic rings. The van der Waals surface area contributed by atoms with Gasteiger partial charge in [0, 0.05) is 11.8 Å². The van der Waals surface area contributed by atoms with Crippen LogP contribution in [0, 0.1) is 0 Å². The molecule has 0 saturated carbocycles. The van der Waals surface area contributed by atoms with E-state index >= 15 is 0 Å². The lowest BCUT2D eigenvalue weighted by Gasteiger charge is -2.09. The second-order valence-electron chi connectivity index (χ2n) is 3.39. The number of halogens is 2. The molecule has 84 valence electrons. The number of carboxylic acids is 1. The average molecular weight is 226 g/mol. The Morgan fingerprint density at radius 1 is 1.50 bits per heavy atom. The molecule has 0 aliphatic heterocycles. The molecule has 0 amide bonds. The van der Waals surface area contributed by atoms with Crippen molar-refractivity contribution in [3.05, 3.63) is 36.2 Å². The van der Waals surface area contributed by atoms with Gasteiger partial charge in [0.25, 0.3) is 0 Å². The first kappa shape index (κ1) is 10.5. The molecule has 6 heteroatoms. The Balaban J connectivity index is 2.38. The van der Waals surface area contributed by atoms with Gasteiger partial charge in [0.2, 0.25) is 0 Å². The normalized spacial score (nSPS) is 11.9. The number of aromatic nitrogens is 2. The van der Waals surface area contributed by atoms with Crippen LogP contribution in [0.25, 0.3) is 5.52 Å². The van der Waals surface area contributed by atoms with Gasteiger partial charge in [-0.2, -0.15) is 13.9 Å². The highest BCUT2D eigenvalue weighted by Gasteiger charge is 2.39. The third kappa shape index (κ3) is 1.73. The summed E-state index contributed by atoms with van der Waals surface area (Å²) < 4.78 is 27.4. The molecular weight excluding hydrogens is 218 g/mol. The van der Waals surface area contributed by atoms with Crippen LogP contribution in [0.15, 0.2) is 30.6 Å². The maximum Gasteiger partial charge on any atom is 0.374 e. The van der Waals surface area contributed by atoms with E-state index in [1.807, 2.05) is 0 Å². The minimum atomic E-state index is -3.76. The summed E-state index contributed by atoms with van der Waals surface area (Å²) in [6, 6.07) is 5.00. The van der Waals surface area contributed by atoms with Crippen LogP contribution in [0.5, 0.6) is 0 Å². The summed E-state index contributed by atoms with van der Waals surface area (Å²) in [6.07, 6.45) is 2.01. The third-order valence-corrected chi connectivity index (χ3v) is 2.23. The summed E-state index contributed by atoms with van der Waals surface area (Å²) in [5.41, 5.74) is 0.705. The molecule has 0 aliphatic rings. The Kier molecular flexibility index (Phi) is 2.34. The Morgan fingerprint density at radius 2 is 2.25 bits per heavy atom. The SMILES string of the molecule is O=C(O)C(F)(F)Cc1cnn2ccccc12. The van der Waals surface area contributed by atoms with E-state index in [2.05, 4.69) is 5.10 Å². The van der Waals surface area contributed by atoms with Crippen LogP contribution in [-0.2, 0) is 11.2 Å². The van der Waals surface area contributed by atoms with Gasteiger partial charge in [-0.05, 0) is 12.1 Å². The zero-order chi connectivity index (χ0) is 11.8. The Bertz CT molecular complexity index is 536. The van der Waals surface area contributed by atoms with Crippen molar-refractivity contribution in [2.45, 2.75) is 12.3 Å². The predicted molar refractivity (Wildman–Crippen MR) is 51.5 cm³/mol. The first-order valence-electron chi connectivity index (χ1n) is 4.53. The fraction of sp³-hybridized carbons (Fsp3) is 0.200. The van der Waals surface area contributed by atoms with Gasteiger partial charge in [0.15, 0.2) is 0 Å². The Labute approximate surface area is 89.1 Å². The van der Waals surface area contributed by atoms with E-state index in [0.29, 0.717) is 5.52 Å². The van der Waals surface area contributed by atoms with E-state index in [-0.39, 0.29) is 5.56 Å². The molecule has 2 heterocycles. The molecular formula is C10H8F2N2O2. The van der Waals surface area contributed by atoms with Crippen molar-refractivity contribution in [1.82, 2.24) is 9.61 Å². The number of fused-ring (bicyclic) bond motifs is 1. The molecule has 16 heavy (non-hydrogen) atoms. The maximum atomic E-state index is 13.0. The second kappa shape index (κ2) is 3.55. The van der Waals surface area contributed by atoms with Gasteiger partial charge in [0.1, 0.15) is 0 Å². The fourth-order valence-electron chi connectivity index (χ4n) is 1.44. The minimum absolute atomic E-state index is 0.216. The maximum absolute atomic E-state index is 13.0. The van der Waals surface area contributed by atoms with Crippen molar-refractivity contribution in [3.8, 4) is 0 Å². The molecule has 0 radical (unpaired) electrons. The summed E-state index contributed by atoms with van der Waals surface area (Å²) in [6.45, 7) is 0. The molecule has 0 atom stereocenters. The van der Waals surface area contributed by atoms with E-state index in [4.69, 9.17) is 5.11 Å². The lowest BCUT2D eigenvalue weighted by Crippen LogP contribution is -2.30. The van der Waals surface area contributed by atoms with Crippen molar-refractivity contribution in [2.75, 3.05) is 0 Å². The van der Waals surface area contributed by atoms with Crippen LogP contribution < -0.4 is 0 Å². The number of hydrogen-bond acceptors (Lipinski definition) is 2.